The summed E-state index contributed by atoms with van der Waals surface area (Å²) in [5, 5.41) is 15.5. The van der Waals surface area contributed by atoms with Gasteiger partial charge in [-0.15, -0.1) is 0 Å². The number of non-ortho nitro benzene ring substituents is 1. The SMILES string of the molecule is Cn1cc(-c2cc([N+](=O)[O-])ccc2Oc2cccc(OCCOC3CCNCC3)c2)c2cc[nH]c2c1=O. The Morgan fingerprint density at radius 3 is 2.68 bits per heavy atom. The Morgan fingerprint density at radius 1 is 1.05 bits per heavy atom. The lowest BCUT2D eigenvalue weighted by molar-refractivity contribution is -0.384. The Labute approximate surface area is 212 Å². The number of fused-ring (bicyclic) bond motifs is 1. The molecule has 0 atom stereocenters. The lowest BCUT2D eigenvalue weighted by Crippen LogP contribution is -2.33. The van der Waals surface area contributed by atoms with E-state index in [0.29, 0.717) is 52.5 Å². The van der Waals surface area contributed by atoms with E-state index in [4.69, 9.17) is 14.2 Å². The number of piperidine rings is 1. The third-order valence-electron chi connectivity index (χ3n) is 6.38. The average Bonchev–Trinajstić information content (AvgIpc) is 3.40. The maximum atomic E-state index is 12.5. The van der Waals surface area contributed by atoms with Gasteiger partial charge in [0, 0.05) is 54.2 Å². The van der Waals surface area contributed by atoms with Crippen molar-refractivity contribution in [2.75, 3.05) is 26.3 Å². The third kappa shape index (κ3) is 5.50. The summed E-state index contributed by atoms with van der Waals surface area (Å²) in [6.45, 7) is 2.87. The number of pyridine rings is 1. The quantitative estimate of drug-likeness (QED) is 0.197. The molecule has 37 heavy (non-hydrogen) atoms. The fraction of sp³-hybridized carbons (Fsp3) is 0.296. The van der Waals surface area contributed by atoms with Crippen molar-refractivity contribution in [3.8, 4) is 28.4 Å². The predicted molar refractivity (Wildman–Crippen MR) is 139 cm³/mol. The molecule has 2 aromatic carbocycles. The van der Waals surface area contributed by atoms with Crippen LogP contribution < -0.4 is 20.3 Å². The van der Waals surface area contributed by atoms with Crippen LogP contribution in [0, 0.1) is 10.1 Å². The molecule has 10 heteroatoms. The van der Waals surface area contributed by atoms with Crippen molar-refractivity contribution in [3.63, 3.8) is 0 Å². The normalized spacial score (nSPS) is 14.1. The van der Waals surface area contributed by atoms with Crippen LogP contribution in [0.1, 0.15) is 12.8 Å². The van der Waals surface area contributed by atoms with E-state index in [9.17, 15) is 14.9 Å². The highest BCUT2D eigenvalue weighted by Gasteiger charge is 2.19. The minimum Gasteiger partial charge on any atom is -0.491 e. The fourth-order valence-electron chi connectivity index (χ4n) is 4.51. The third-order valence-corrected chi connectivity index (χ3v) is 6.38. The van der Waals surface area contributed by atoms with Crippen molar-refractivity contribution in [2.45, 2.75) is 18.9 Å². The van der Waals surface area contributed by atoms with Gasteiger partial charge in [-0.3, -0.25) is 14.9 Å². The van der Waals surface area contributed by atoms with Gasteiger partial charge in [-0.2, -0.15) is 0 Å². The summed E-state index contributed by atoms with van der Waals surface area (Å²) in [6, 6.07) is 13.4. The van der Waals surface area contributed by atoms with Crippen LogP contribution in [0.5, 0.6) is 17.2 Å². The Kier molecular flexibility index (Phi) is 7.20. The van der Waals surface area contributed by atoms with E-state index in [2.05, 4.69) is 10.3 Å². The minimum absolute atomic E-state index is 0.0780. The second kappa shape index (κ2) is 10.9. The molecule has 10 nitrogen and oxygen atoms in total. The summed E-state index contributed by atoms with van der Waals surface area (Å²) in [6.07, 6.45) is 5.61. The van der Waals surface area contributed by atoms with Gasteiger partial charge in [0.25, 0.3) is 11.2 Å². The first-order valence-electron chi connectivity index (χ1n) is 12.2. The second-order valence-corrected chi connectivity index (χ2v) is 8.91. The topological polar surface area (TPSA) is 121 Å². The molecule has 0 aliphatic carbocycles. The first-order chi connectivity index (χ1) is 18.0. The molecule has 0 radical (unpaired) electrons. The molecular weight excluding hydrogens is 476 g/mol. The highest BCUT2D eigenvalue weighted by Crippen LogP contribution is 2.39. The predicted octanol–water partition coefficient (Wildman–Crippen LogP) is 4.38. The van der Waals surface area contributed by atoms with Crippen LogP contribution in [-0.4, -0.2) is 46.9 Å². The largest absolute Gasteiger partial charge is 0.491 e. The first kappa shape index (κ1) is 24.5. The van der Waals surface area contributed by atoms with Crippen LogP contribution in [0.2, 0.25) is 0 Å². The van der Waals surface area contributed by atoms with Gasteiger partial charge in [0.05, 0.1) is 17.6 Å². The number of nitro groups is 1. The zero-order chi connectivity index (χ0) is 25.8. The monoisotopic (exact) mass is 504 g/mol. The number of aromatic amines is 1. The van der Waals surface area contributed by atoms with Crippen molar-refractivity contribution in [1.29, 1.82) is 0 Å². The summed E-state index contributed by atoms with van der Waals surface area (Å²) in [5.74, 6) is 1.56. The molecule has 2 N–H and O–H groups in total. The molecule has 2 aromatic heterocycles. The molecule has 1 fully saturated rings. The Hall–Kier alpha value is -4.15. The summed E-state index contributed by atoms with van der Waals surface area (Å²) in [5.41, 5.74) is 1.28. The molecule has 0 saturated carbocycles. The van der Waals surface area contributed by atoms with E-state index in [-0.39, 0.29) is 17.4 Å². The van der Waals surface area contributed by atoms with Gasteiger partial charge in [-0.25, -0.2) is 0 Å². The molecule has 0 amide bonds. The Morgan fingerprint density at radius 2 is 1.86 bits per heavy atom. The highest BCUT2D eigenvalue weighted by molar-refractivity contribution is 5.96. The molecule has 0 spiro atoms. The minimum atomic E-state index is -0.454. The van der Waals surface area contributed by atoms with Crippen LogP contribution in [0.25, 0.3) is 22.0 Å². The number of nitrogens with zero attached hydrogens (tertiary/aromatic N) is 2. The maximum absolute atomic E-state index is 12.5. The molecule has 1 aliphatic rings. The van der Waals surface area contributed by atoms with Gasteiger partial charge in [-0.05, 0) is 50.2 Å². The molecule has 4 aromatic rings. The number of H-pyrrole nitrogens is 1. The van der Waals surface area contributed by atoms with Gasteiger partial charge in [0.2, 0.25) is 0 Å². The van der Waals surface area contributed by atoms with E-state index < -0.39 is 4.92 Å². The highest BCUT2D eigenvalue weighted by atomic mass is 16.6. The van der Waals surface area contributed by atoms with E-state index in [0.717, 1.165) is 25.9 Å². The lowest BCUT2D eigenvalue weighted by Gasteiger charge is -2.22. The van der Waals surface area contributed by atoms with Crippen LogP contribution in [0.3, 0.4) is 0 Å². The van der Waals surface area contributed by atoms with Crippen LogP contribution in [0.4, 0.5) is 5.69 Å². The smallest absolute Gasteiger partial charge is 0.274 e. The van der Waals surface area contributed by atoms with Gasteiger partial charge in [0.15, 0.2) is 0 Å². The summed E-state index contributed by atoms with van der Waals surface area (Å²) in [4.78, 5) is 26.6. The Bertz CT molecular complexity index is 1470. The number of ether oxygens (including phenoxy) is 3. The number of hydrogen-bond donors (Lipinski definition) is 2. The lowest BCUT2D eigenvalue weighted by atomic mass is 10.0. The molecule has 1 saturated heterocycles. The zero-order valence-corrected chi connectivity index (χ0v) is 20.4. The van der Waals surface area contributed by atoms with Crippen LogP contribution in [0.15, 0.2) is 65.7 Å². The van der Waals surface area contributed by atoms with Gasteiger partial charge in [-0.1, -0.05) is 6.07 Å². The van der Waals surface area contributed by atoms with Crippen molar-refractivity contribution < 1.29 is 19.1 Å². The number of aryl methyl sites for hydroxylation is 1. The molecule has 0 unspecified atom stereocenters. The fourth-order valence-corrected chi connectivity index (χ4v) is 4.51. The van der Waals surface area contributed by atoms with Gasteiger partial charge < -0.3 is 29.1 Å². The number of nitro benzene ring substituents is 1. The van der Waals surface area contributed by atoms with Crippen LogP contribution in [-0.2, 0) is 11.8 Å². The maximum Gasteiger partial charge on any atom is 0.274 e. The molecular formula is C27H28N4O6. The van der Waals surface area contributed by atoms with Crippen LogP contribution >= 0.6 is 0 Å². The second-order valence-electron chi connectivity index (χ2n) is 8.91. The molecule has 0 bridgehead atoms. The van der Waals surface area contributed by atoms with Gasteiger partial charge in [0.1, 0.15) is 29.4 Å². The van der Waals surface area contributed by atoms with E-state index >= 15 is 0 Å². The molecule has 192 valence electrons. The van der Waals surface area contributed by atoms with Crippen molar-refractivity contribution in [1.82, 2.24) is 14.9 Å². The van der Waals surface area contributed by atoms with E-state index in [1.165, 1.54) is 16.7 Å². The number of nitrogens with one attached hydrogen (secondary N) is 2. The first-order valence-corrected chi connectivity index (χ1v) is 12.2. The zero-order valence-electron chi connectivity index (χ0n) is 20.4. The number of aromatic nitrogens is 2. The van der Waals surface area contributed by atoms with Crippen molar-refractivity contribution in [2.24, 2.45) is 7.05 Å². The number of rotatable bonds is 9. The van der Waals surface area contributed by atoms with E-state index in [1.54, 1.807) is 43.7 Å². The summed E-state index contributed by atoms with van der Waals surface area (Å²) < 4.78 is 19.4. The van der Waals surface area contributed by atoms with Gasteiger partial charge >= 0.3 is 0 Å². The standard InChI is InChI=1S/C27H28N4O6/c1-30-17-24(22-9-12-29-26(22)27(30)32)23-15-18(31(33)34)5-6-25(23)37-21-4-2-3-20(16-21)36-14-13-35-19-7-10-28-11-8-19/h2-6,9,12,15-17,19,28-29H,7-8,10-11,13-14H2,1H3. The van der Waals surface area contributed by atoms with Crippen molar-refractivity contribution in [3.05, 3.63) is 81.4 Å². The molecule has 1 aliphatic heterocycles. The average molecular weight is 505 g/mol. The number of hydrogen-bond acceptors (Lipinski definition) is 7. The molecule has 3 heterocycles. The summed E-state index contributed by atoms with van der Waals surface area (Å²) >= 11 is 0. The van der Waals surface area contributed by atoms with Crippen molar-refractivity contribution >= 4 is 16.6 Å². The van der Waals surface area contributed by atoms with E-state index in [1.807, 2.05) is 12.1 Å². The Balaban J connectivity index is 1.38. The number of benzene rings is 2. The summed E-state index contributed by atoms with van der Waals surface area (Å²) in [7, 11) is 1.64. The molecule has 5 rings (SSSR count).